The van der Waals surface area contributed by atoms with E-state index in [1.807, 2.05) is 13.8 Å². The molecule has 1 aromatic rings. The van der Waals surface area contributed by atoms with Crippen molar-refractivity contribution >= 4 is 23.7 Å². The summed E-state index contributed by atoms with van der Waals surface area (Å²) in [6.07, 6.45) is 13.4. The summed E-state index contributed by atoms with van der Waals surface area (Å²) < 4.78 is 11.9. The minimum atomic E-state index is -1.02. The molecule has 3 atom stereocenters. The van der Waals surface area contributed by atoms with Crippen molar-refractivity contribution in [2.75, 3.05) is 26.2 Å². The topological polar surface area (TPSA) is 181 Å². The Balaban J connectivity index is 1.41. The van der Waals surface area contributed by atoms with Crippen LogP contribution in [0.3, 0.4) is 0 Å². The first-order valence-corrected chi connectivity index (χ1v) is 18.7. The fraction of sp³-hybridized carbons (Fsp3) is 0.684. The Morgan fingerprint density at radius 1 is 0.920 bits per heavy atom. The first-order valence-electron chi connectivity index (χ1n) is 18.7. The van der Waals surface area contributed by atoms with Crippen molar-refractivity contribution in [1.82, 2.24) is 21.3 Å². The Morgan fingerprint density at radius 3 is 2.34 bits per heavy atom. The lowest BCUT2D eigenvalue weighted by Crippen LogP contribution is -2.52. The van der Waals surface area contributed by atoms with Crippen molar-refractivity contribution in [2.45, 2.75) is 135 Å². The largest absolute Gasteiger partial charge is 0.493 e. The molecule has 0 aromatic heterocycles. The van der Waals surface area contributed by atoms with Gasteiger partial charge in [0.2, 0.25) is 11.8 Å². The molecule has 2 fully saturated rings. The van der Waals surface area contributed by atoms with E-state index in [0.29, 0.717) is 69.7 Å². The van der Waals surface area contributed by atoms with E-state index in [9.17, 15) is 24.3 Å². The Bertz CT molecular complexity index is 1260. The van der Waals surface area contributed by atoms with Crippen molar-refractivity contribution in [3.05, 3.63) is 40.7 Å². The third-order valence-electron chi connectivity index (χ3n) is 9.58. The number of aryl methyl sites for hydroxylation is 2. The van der Waals surface area contributed by atoms with E-state index in [-0.39, 0.29) is 30.3 Å². The summed E-state index contributed by atoms with van der Waals surface area (Å²) in [5.74, 6) is -0.265. The molecular weight excluding hydrogens is 638 g/mol. The van der Waals surface area contributed by atoms with E-state index < -0.39 is 18.2 Å². The van der Waals surface area contributed by atoms with Crippen molar-refractivity contribution in [3.63, 3.8) is 0 Å². The maximum Gasteiger partial charge on any atom is 0.332 e. The van der Waals surface area contributed by atoms with Gasteiger partial charge in [0.15, 0.2) is 6.10 Å². The van der Waals surface area contributed by atoms with Crippen LogP contribution in [0, 0.1) is 19.8 Å². The van der Waals surface area contributed by atoms with E-state index >= 15 is 0 Å². The van der Waals surface area contributed by atoms with Gasteiger partial charge >= 0.3 is 5.97 Å². The molecule has 3 rings (SSSR count). The lowest BCUT2D eigenvalue weighted by molar-refractivity contribution is -0.162. The summed E-state index contributed by atoms with van der Waals surface area (Å²) in [5.41, 5.74) is 9.24. The van der Waals surface area contributed by atoms with Crippen molar-refractivity contribution in [2.24, 2.45) is 11.7 Å². The first kappa shape index (κ1) is 40.6. The SMILES string of the molecule is CCCCCCC(=O)NCCCOc1c(C)cc(C(=O)NCCCC2OC(C(=O)O)CCC2NC(=O)CN/C=C(\N)C2CCCCC2)cc1C. The number of carbonyl (C=O) groups is 4. The fourth-order valence-corrected chi connectivity index (χ4v) is 6.77. The second kappa shape index (κ2) is 22.1. The molecule has 0 spiro atoms. The van der Waals surface area contributed by atoms with Crippen LogP contribution in [-0.4, -0.2) is 73.3 Å². The van der Waals surface area contributed by atoms with Crippen LogP contribution in [0.5, 0.6) is 5.75 Å². The van der Waals surface area contributed by atoms with Gasteiger partial charge in [-0.05, 0) is 94.4 Å². The van der Waals surface area contributed by atoms with E-state index in [1.165, 1.54) is 19.3 Å². The molecule has 7 N–H and O–H groups in total. The zero-order chi connectivity index (χ0) is 36.3. The van der Waals surface area contributed by atoms with Gasteiger partial charge in [-0.1, -0.05) is 45.4 Å². The van der Waals surface area contributed by atoms with Crippen LogP contribution in [0.25, 0.3) is 0 Å². The van der Waals surface area contributed by atoms with Gasteiger partial charge in [-0.3, -0.25) is 14.4 Å². The van der Waals surface area contributed by atoms with Gasteiger partial charge in [0.25, 0.3) is 5.91 Å². The highest BCUT2D eigenvalue weighted by Crippen LogP contribution is 2.28. The quantitative estimate of drug-likeness (QED) is 0.0987. The molecule has 3 amide bonds. The summed E-state index contributed by atoms with van der Waals surface area (Å²) >= 11 is 0. The van der Waals surface area contributed by atoms with Gasteiger partial charge in [-0.2, -0.15) is 0 Å². The molecule has 12 heteroatoms. The number of amides is 3. The fourth-order valence-electron chi connectivity index (χ4n) is 6.77. The predicted octanol–water partition coefficient (Wildman–Crippen LogP) is 4.76. The molecule has 1 aliphatic carbocycles. The van der Waals surface area contributed by atoms with Crippen LogP contribution >= 0.6 is 0 Å². The monoisotopic (exact) mass is 699 g/mol. The third-order valence-corrected chi connectivity index (χ3v) is 9.58. The number of rotatable bonds is 21. The van der Waals surface area contributed by atoms with Crippen molar-refractivity contribution in [3.8, 4) is 5.75 Å². The highest BCUT2D eigenvalue weighted by molar-refractivity contribution is 5.94. The van der Waals surface area contributed by atoms with E-state index in [1.54, 1.807) is 18.3 Å². The third kappa shape index (κ3) is 14.2. The van der Waals surface area contributed by atoms with Crippen LogP contribution in [0.15, 0.2) is 24.0 Å². The van der Waals surface area contributed by atoms with Gasteiger partial charge in [0.1, 0.15) is 5.75 Å². The first-order chi connectivity index (χ1) is 24.1. The summed E-state index contributed by atoms with van der Waals surface area (Å²) in [4.78, 5) is 49.4. The number of unbranched alkanes of at least 4 members (excludes halogenated alkanes) is 3. The molecule has 2 aliphatic rings. The Kier molecular flexibility index (Phi) is 18.0. The van der Waals surface area contributed by atoms with Crippen LogP contribution in [0.2, 0.25) is 0 Å². The minimum absolute atomic E-state index is 0.0647. The van der Waals surface area contributed by atoms with E-state index in [4.69, 9.17) is 15.2 Å². The van der Waals surface area contributed by atoms with Crippen molar-refractivity contribution in [1.29, 1.82) is 0 Å². The van der Waals surface area contributed by atoms with Crippen LogP contribution in [0.1, 0.15) is 125 Å². The standard InChI is InChI=1S/C38H61N5O7/c1-4-5-6-10-16-34(44)41-20-12-21-49-36-26(2)22-29(23-27(36)3)37(46)42-19-11-15-32-31(17-18-33(50-32)38(47)48)43-35(45)25-40-24-30(39)28-13-8-7-9-14-28/h22-24,28,31-33,40H,4-21,25,39H2,1-3H3,(H,41,44)(H,42,46)(H,43,45)(H,47,48)/b30-24-. The van der Waals surface area contributed by atoms with Gasteiger partial charge in [0, 0.05) is 37.0 Å². The summed E-state index contributed by atoms with van der Waals surface area (Å²) in [6, 6.07) is 3.27. The number of hydrogen-bond acceptors (Lipinski definition) is 8. The predicted molar refractivity (Wildman–Crippen MR) is 194 cm³/mol. The summed E-state index contributed by atoms with van der Waals surface area (Å²) in [5, 5.41) is 21.5. The number of benzene rings is 1. The van der Waals surface area contributed by atoms with Gasteiger partial charge < -0.3 is 41.6 Å². The number of allylic oxidation sites excluding steroid dienone is 1. The molecule has 12 nitrogen and oxygen atoms in total. The number of carboxylic acid groups (broad SMARTS) is 1. The number of hydrogen-bond donors (Lipinski definition) is 6. The van der Waals surface area contributed by atoms with E-state index in [2.05, 4.69) is 28.2 Å². The Hall–Kier alpha value is -3.80. The van der Waals surface area contributed by atoms with Gasteiger partial charge in [0.05, 0.1) is 25.3 Å². The number of aliphatic carboxylic acids is 1. The molecule has 50 heavy (non-hydrogen) atoms. The Morgan fingerprint density at radius 2 is 1.64 bits per heavy atom. The Labute approximate surface area is 298 Å². The second-order valence-electron chi connectivity index (χ2n) is 13.8. The van der Waals surface area contributed by atoms with Crippen molar-refractivity contribution < 1.29 is 33.8 Å². The molecule has 3 unspecified atom stereocenters. The number of carbonyl (C=O) groups excluding carboxylic acids is 3. The molecule has 0 radical (unpaired) electrons. The smallest absolute Gasteiger partial charge is 0.332 e. The summed E-state index contributed by atoms with van der Waals surface area (Å²) in [7, 11) is 0. The highest BCUT2D eigenvalue weighted by atomic mass is 16.5. The average molecular weight is 700 g/mol. The summed E-state index contributed by atoms with van der Waals surface area (Å²) in [6.45, 7) is 7.41. The molecule has 1 saturated carbocycles. The maximum absolute atomic E-state index is 13.0. The molecule has 280 valence electrons. The average Bonchev–Trinajstić information content (AvgIpc) is 3.10. The van der Waals surface area contributed by atoms with Gasteiger partial charge in [-0.15, -0.1) is 0 Å². The number of nitrogens with one attached hydrogen (secondary N) is 4. The van der Waals surface area contributed by atoms with Crippen LogP contribution in [0.4, 0.5) is 0 Å². The highest BCUT2D eigenvalue weighted by Gasteiger charge is 2.35. The molecule has 1 saturated heterocycles. The van der Waals surface area contributed by atoms with Gasteiger partial charge in [-0.25, -0.2) is 4.79 Å². The number of ether oxygens (including phenoxy) is 2. The second-order valence-corrected chi connectivity index (χ2v) is 13.8. The number of nitrogens with two attached hydrogens (primary N) is 1. The zero-order valence-corrected chi connectivity index (χ0v) is 30.5. The molecular formula is C38H61N5O7. The van der Waals surface area contributed by atoms with E-state index in [0.717, 1.165) is 61.1 Å². The zero-order valence-electron chi connectivity index (χ0n) is 30.5. The lowest BCUT2D eigenvalue weighted by Gasteiger charge is -2.35. The minimum Gasteiger partial charge on any atom is -0.493 e. The molecule has 0 bridgehead atoms. The maximum atomic E-state index is 13.0. The molecule has 1 heterocycles. The van der Waals surface area contributed by atoms with Crippen LogP contribution in [-0.2, 0) is 19.1 Å². The molecule has 1 aromatic carbocycles. The normalized spacial score (nSPS) is 19.7. The molecule has 1 aliphatic heterocycles. The van der Waals surface area contributed by atoms with Crippen LogP contribution < -0.4 is 31.7 Å². The lowest BCUT2D eigenvalue weighted by atomic mass is 9.87. The number of carboxylic acids is 1.